The highest BCUT2D eigenvalue weighted by atomic mass is 32.1. The molecule has 0 fully saturated rings. The molecule has 2 aromatic carbocycles. The topological polar surface area (TPSA) is 77.6 Å². The highest BCUT2D eigenvalue weighted by Gasteiger charge is 2.21. The van der Waals surface area contributed by atoms with E-state index < -0.39 is 0 Å². The van der Waals surface area contributed by atoms with Crippen molar-refractivity contribution in [3.8, 4) is 21.9 Å². The molecule has 0 spiro atoms. The van der Waals surface area contributed by atoms with E-state index in [2.05, 4.69) is 15.4 Å². The maximum Gasteiger partial charge on any atom is 0.255 e. The van der Waals surface area contributed by atoms with E-state index in [-0.39, 0.29) is 11.9 Å². The van der Waals surface area contributed by atoms with Crippen molar-refractivity contribution in [3.63, 3.8) is 0 Å². The molecule has 32 heavy (non-hydrogen) atoms. The van der Waals surface area contributed by atoms with E-state index in [0.29, 0.717) is 11.3 Å². The van der Waals surface area contributed by atoms with Gasteiger partial charge in [-0.15, -0.1) is 11.3 Å². The second kappa shape index (κ2) is 8.60. The minimum absolute atomic E-state index is 0.163. The summed E-state index contributed by atoms with van der Waals surface area (Å²) in [6.45, 7) is 1.97. The molecule has 1 atom stereocenters. The van der Waals surface area contributed by atoms with Gasteiger partial charge in [0, 0.05) is 6.20 Å². The molecule has 8 heteroatoms. The third-order valence-corrected chi connectivity index (χ3v) is 6.03. The number of carbonyl (C=O) groups excluding carboxylic acids is 1. The van der Waals surface area contributed by atoms with Gasteiger partial charge in [-0.3, -0.25) is 4.79 Å². The van der Waals surface area contributed by atoms with Crippen LogP contribution in [0.3, 0.4) is 0 Å². The van der Waals surface area contributed by atoms with Gasteiger partial charge >= 0.3 is 0 Å². The fraction of sp³-hybridized carbons (Fsp3) is 0.0833. The van der Waals surface area contributed by atoms with Crippen LogP contribution in [0.1, 0.15) is 28.9 Å². The molecular weight excluding hydrogens is 420 g/mol. The van der Waals surface area contributed by atoms with Crippen LogP contribution < -0.4 is 5.32 Å². The number of aromatic nitrogens is 5. The zero-order valence-electron chi connectivity index (χ0n) is 17.3. The van der Waals surface area contributed by atoms with Gasteiger partial charge in [-0.05, 0) is 48.2 Å². The lowest BCUT2D eigenvalue weighted by molar-refractivity contribution is 0.0940. The van der Waals surface area contributed by atoms with Gasteiger partial charge in [0.15, 0.2) is 0 Å². The lowest BCUT2D eigenvalue weighted by atomic mass is 10.1. The molecule has 0 saturated carbocycles. The molecule has 3 aromatic heterocycles. The zero-order chi connectivity index (χ0) is 21.9. The minimum Gasteiger partial charge on any atom is -0.345 e. The Morgan fingerprint density at radius 1 is 0.969 bits per heavy atom. The third-order valence-electron chi connectivity index (χ3n) is 5.16. The molecule has 1 unspecified atom stereocenters. The van der Waals surface area contributed by atoms with Gasteiger partial charge in [0.1, 0.15) is 18.3 Å². The summed E-state index contributed by atoms with van der Waals surface area (Å²) in [5, 5.41) is 13.9. The molecule has 7 nitrogen and oxygen atoms in total. The molecule has 1 N–H and O–H groups in total. The number of hydrogen-bond acceptors (Lipinski definition) is 5. The number of hydrogen-bond donors (Lipinski definition) is 1. The molecule has 0 aliphatic rings. The van der Waals surface area contributed by atoms with Crippen LogP contribution in [0.25, 0.3) is 21.9 Å². The van der Waals surface area contributed by atoms with Crippen LogP contribution in [0.15, 0.2) is 91.0 Å². The Bertz CT molecular complexity index is 1310. The minimum atomic E-state index is -0.177. The van der Waals surface area contributed by atoms with Gasteiger partial charge in [0.05, 0.1) is 27.9 Å². The van der Waals surface area contributed by atoms with Crippen molar-refractivity contribution in [1.29, 1.82) is 0 Å². The van der Waals surface area contributed by atoms with Crippen LogP contribution in [-0.2, 0) is 0 Å². The zero-order valence-corrected chi connectivity index (χ0v) is 18.1. The van der Waals surface area contributed by atoms with E-state index in [9.17, 15) is 4.79 Å². The maximum absolute atomic E-state index is 13.3. The smallest absolute Gasteiger partial charge is 0.255 e. The van der Waals surface area contributed by atoms with Crippen LogP contribution in [0.5, 0.6) is 0 Å². The van der Waals surface area contributed by atoms with Crippen molar-refractivity contribution in [2.75, 3.05) is 0 Å². The lowest BCUT2D eigenvalue weighted by Gasteiger charge is -2.15. The summed E-state index contributed by atoms with van der Waals surface area (Å²) >= 11 is 1.56. The summed E-state index contributed by atoms with van der Waals surface area (Å²) in [5.41, 5.74) is 4.03. The highest BCUT2D eigenvalue weighted by molar-refractivity contribution is 7.13. The van der Waals surface area contributed by atoms with Gasteiger partial charge in [-0.2, -0.15) is 10.2 Å². The molecule has 5 aromatic rings. The Labute approximate surface area is 189 Å². The number of carbonyl (C=O) groups is 1. The largest absolute Gasteiger partial charge is 0.345 e. The van der Waals surface area contributed by atoms with E-state index in [1.165, 1.54) is 6.33 Å². The summed E-state index contributed by atoms with van der Waals surface area (Å²) in [7, 11) is 0. The second-order valence-corrected chi connectivity index (χ2v) is 8.22. The molecular formula is C24H20N6OS. The van der Waals surface area contributed by atoms with Gasteiger partial charge in [-0.25, -0.2) is 14.3 Å². The normalized spacial score (nSPS) is 11.9. The Morgan fingerprint density at radius 3 is 2.44 bits per heavy atom. The fourth-order valence-corrected chi connectivity index (χ4v) is 4.19. The summed E-state index contributed by atoms with van der Waals surface area (Å²) in [6, 6.07) is 21.4. The van der Waals surface area contributed by atoms with Crippen LogP contribution in [0, 0.1) is 0 Å². The predicted molar refractivity (Wildman–Crippen MR) is 124 cm³/mol. The summed E-state index contributed by atoms with van der Waals surface area (Å²) in [6.07, 6.45) is 4.94. The Kier molecular flexibility index (Phi) is 5.35. The molecule has 0 aliphatic carbocycles. The summed E-state index contributed by atoms with van der Waals surface area (Å²) in [4.78, 5) is 18.2. The van der Waals surface area contributed by atoms with E-state index in [4.69, 9.17) is 5.10 Å². The van der Waals surface area contributed by atoms with E-state index >= 15 is 0 Å². The van der Waals surface area contributed by atoms with Crippen molar-refractivity contribution in [2.45, 2.75) is 13.0 Å². The number of nitrogens with zero attached hydrogens (tertiary/aromatic N) is 5. The number of nitrogens with one attached hydrogen (secondary N) is 1. The van der Waals surface area contributed by atoms with Crippen molar-refractivity contribution in [3.05, 3.63) is 102 Å². The first-order valence-electron chi connectivity index (χ1n) is 10.1. The summed E-state index contributed by atoms with van der Waals surface area (Å²) in [5.74, 6) is -0.163. The fourth-order valence-electron chi connectivity index (χ4n) is 3.46. The number of amides is 1. The van der Waals surface area contributed by atoms with Gasteiger partial charge in [0.25, 0.3) is 5.91 Å². The molecule has 0 radical (unpaired) electrons. The molecule has 0 aliphatic heterocycles. The summed E-state index contributed by atoms with van der Waals surface area (Å²) < 4.78 is 3.44. The second-order valence-electron chi connectivity index (χ2n) is 7.28. The highest BCUT2D eigenvalue weighted by Crippen LogP contribution is 2.28. The standard InChI is InChI=1S/C24H20N6OS/c1-17(18-9-11-20(12-10-18)30-16-25-15-26-30)27-24(31)21-14-29(19-6-3-2-4-7-19)28-23(21)22-8-5-13-32-22/h2-17H,1H3,(H,27,31). The monoisotopic (exact) mass is 440 g/mol. The van der Waals surface area contributed by atoms with E-state index in [1.807, 2.05) is 79.0 Å². The molecule has 0 bridgehead atoms. The first kappa shape index (κ1) is 19.9. The van der Waals surface area contributed by atoms with Crippen LogP contribution >= 0.6 is 11.3 Å². The van der Waals surface area contributed by atoms with Crippen molar-refractivity contribution >= 4 is 17.2 Å². The molecule has 5 rings (SSSR count). The maximum atomic E-state index is 13.3. The van der Waals surface area contributed by atoms with Crippen molar-refractivity contribution in [1.82, 2.24) is 29.9 Å². The predicted octanol–water partition coefficient (Wildman–Crippen LogP) is 4.67. The number of benzene rings is 2. The molecule has 1 amide bonds. The SMILES string of the molecule is CC(NC(=O)c1cn(-c2ccccc2)nc1-c1cccs1)c1ccc(-n2cncn2)cc1. The first-order chi connectivity index (χ1) is 15.7. The Hall–Kier alpha value is -4.04. The van der Waals surface area contributed by atoms with Gasteiger partial charge in [0.2, 0.25) is 0 Å². The van der Waals surface area contributed by atoms with Crippen LogP contribution in [0.2, 0.25) is 0 Å². The number of para-hydroxylation sites is 1. The molecule has 0 saturated heterocycles. The first-order valence-corrected chi connectivity index (χ1v) is 11.0. The van der Waals surface area contributed by atoms with Crippen LogP contribution in [-0.4, -0.2) is 30.5 Å². The quantitative estimate of drug-likeness (QED) is 0.416. The molecule has 3 heterocycles. The Balaban J connectivity index is 1.40. The Morgan fingerprint density at radius 2 is 1.75 bits per heavy atom. The number of thiophene rings is 1. The van der Waals surface area contributed by atoms with Gasteiger partial charge in [-0.1, -0.05) is 36.4 Å². The van der Waals surface area contributed by atoms with Crippen LogP contribution in [0.4, 0.5) is 0 Å². The van der Waals surface area contributed by atoms with Crippen molar-refractivity contribution < 1.29 is 4.79 Å². The average molecular weight is 441 g/mol. The lowest BCUT2D eigenvalue weighted by Crippen LogP contribution is -2.26. The molecule has 158 valence electrons. The van der Waals surface area contributed by atoms with E-state index in [1.54, 1.807) is 33.2 Å². The van der Waals surface area contributed by atoms with Gasteiger partial charge < -0.3 is 5.32 Å². The number of rotatable bonds is 6. The van der Waals surface area contributed by atoms with Crippen molar-refractivity contribution in [2.24, 2.45) is 0 Å². The van der Waals surface area contributed by atoms with E-state index in [0.717, 1.165) is 21.8 Å². The third kappa shape index (κ3) is 3.95. The average Bonchev–Trinajstić information content (AvgIpc) is 3.61.